The lowest BCUT2D eigenvalue weighted by Crippen LogP contribution is -2.20. The van der Waals surface area contributed by atoms with E-state index < -0.39 is 0 Å². The van der Waals surface area contributed by atoms with Gasteiger partial charge in [0.1, 0.15) is 6.61 Å². The van der Waals surface area contributed by atoms with Crippen LogP contribution in [-0.2, 0) is 9.53 Å². The van der Waals surface area contributed by atoms with Crippen molar-refractivity contribution in [1.29, 1.82) is 0 Å². The lowest BCUT2D eigenvalue weighted by atomic mass is 10.1. The zero-order valence-corrected chi connectivity index (χ0v) is 9.04. The summed E-state index contributed by atoms with van der Waals surface area (Å²) in [6, 6.07) is 6.28. The number of carbonyl (C=O) groups excluding carboxylic acids is 1. The van der Waals surface area contributed by atoms with Gasteiger partial charge in [-0.2, -0.15) is 0 Å². The molecular formula is C12H15NO2. The highest BCUT2D eigenvalue weighted by Gasteiger charge is 2.23. The van der Waals surface area contributed by atoms with Crippen LogP contribution in [0.5, 0.6) is 0 Å². The fourth-order valence-electron chi connectivity index (χ4n) is 1.85. The number of esters is 1. The summed E-state index contributed by atoms with van der Waals surface area (Å²) >= 11 is 0. The molecule has 0 aliphatic carbocycles. The second-order valence-electron chi connectivity index (χ2n) is 4.00. The molecule has 1 aromatic carbocycles. The van der Waals surface area contributed by atoms with Gasteiger partial charge in [-0.15, -0.1) is 0 Å². The number of hydrogen-bond donors (Lipinski definition) is 1. The van der Waals surface area contributed by atoms with Crippen molar-refractivity contribution in [3.8, 4) is 0 Å². The minimum absolute atomic E-state index is 0.112. The van der Waals surface area contributed by atoms with Gasteiger partial charge in [0.05, 0.1) is 12.5 Å². The molecule has 1 unspecified atom stereocenters. The van der Waals surface area contributed by atoms with Gasteiger partial charge >= 0.3 is 5.97 Å². The Hall–Kier alpha value is -1.51. The standard InChI is InChI=1S/C12H15NO2/c1-8-4-3-5-9(2)12(8)13-10-6-11(14)15-7-10/h3-5,10,13H,6-7H2,1-2H3. The summed E-state index contributed by atoms with van der Waals surface area (Å²) in [6.45, 7) is 4.60. The van der Waals surface area contributed by atoms with Gasteiger partial charge in [-0.25, -0.2) is 0 Å². The maximum Gasteiger partial charge on any atom is 0.308 e. The van der Waals surface area contributed by atoms with Gasteiger partial charge in [-0.05, 0) is 25.0 Å². The number of rotatable bonds is 2. The van der Waals surface area contributed by atoms with Crippen LogP contribution in [0.2, 0.25) is 0 Å². The molecule has 1 heterocycles. The van der Waals surface area contributed by atoms with Crippen molar-refractivity contribution < 1.29 is 9.53 Å². The molecule has 0 spiro atoms. The quantitative estimate of drug-likeness (QED) is 0.751. The summed E-state index contributed by atoms with van der Waals surface area (Å²) < 4.78 is 4.92. The van der Waals surface area contributed by atoms with E-state index in [0.29, 0.717) is 13.0 Å². The molecule has 0 aromatic heterocycles. The molecule has 0 saturated carbocycles. The molecule has 3 heteroatoms. The highest BCUT2D eigenvalue weighted by atomic mass is 16.5. The van der Waals surface area contributed by atoms with Gasteiger partial charge in [-0.3, -0.25) is 4.79 Å². The summed E-state index contributed by atoms with van der Waals surface area (Å²) in [5.41, 5.74) is 3.53. The van der Waals surface area contributed by atoms with Crippen LogP contribution in [0, 0.1) is 13.8 Å². The van der Waals surface area contributed by atoms with E-state index in [4.69, 9.17) is 4.74 Å². The number of ether oxygens (including phenoxy) is 1. The Morgan fingerprint density at radius 2 is 2.00 bits per heavy atom. The van der Waals surface area contributed by atoms with Crippen molar-refractivity contribution in [2.75, 3.05) is 11.9 Å². The van der Waals surface area contributed by atoms with Gasteiger partial charge in [0.15, 0.2) is 0 Å². The second kappa shape index (κ2) is 3.93. The minimum atomic E-state index is -0.112. The molecule has 1 N–H and O–H groups in total. The largest absolute Gasteiger partial charge is 0.463 e. The first kappa shape index (κ1) is 10.0. The van der Waals surface area contributed by atoms with Crippen LogP contribution in [0.3, 0.4) is 0 Å². The predicted molar refractivity (Wildman–Crippen MR) is 58.9 cm³/mol. The van der Waals surface area contributed by atoms with Gasteiger partial charge in [0.25, 0.3) is 0 Å². The number of carbonyl (C=O) groups is 1. The highest BCUT2D eigenvalue weighted by Crippen LogP contribution is 2.22. The van der Waals surface area contributed by atoms with Crippen LogP contribution < -0.4 is 5.32 Å². The summed E-state index contributed by atoms with van der Waals surface area (Å²) in [6.07, 6.45) is 0.466. The predicted octanol–water partition coefficient (Wildman–Crippen LogP) is 2.03. The third kappa shape index (κ3) is 2.12. The smallest absolute Gasteiger partial charge is 0.308 e. The number of cyclic esters (lactones) is 1. The van der Waals surface area contributed by atoms with E-state index >= 15 is 0 Å². The number of aryl methyl sites for hydroxylation is 2. The summed E-state index contributed by atoms with van der Waals surface area (Å²) in [5.74, 6) is -0.112. The monoisotopic (exact) mass is 205 g/mol. The van der Waals surface area contributed by atoms with E-state index in [-0.39, 0.29) is 12.0 Å². The average Bonchev–Trinajstić information content (AvgIpc) is 2.58. The molecule has 2 rings (SSSR count). The van der Waals surface area contributed by atoms with E-state index in [2.05, 4.69) is 31.3 Å². The molecule has 1 atom stereocenters. The fourth-order valence-corrected chi connectivity index (χ4v) is 1.85. The Kier molecular flexibility index (Phi) is 2.62. The van der Waals surface area contributed by atoms with Gasteiger partial charge in [-0.1, -0.05) is 18.2 Å². The molecule has 1 aliphatic rings. The van der Waals surface area contributed by atoms with Crippen LogP contribution in [-0.4, -0.2) is 18.6 Å². The first-order valence-electron chi connectivity index (χ1n) is 5.15. The van der Waals surface area contributed by atoms with Crippen molar-refractivity contribution in [3.63, 3.8) is 0 Å². The van der Waals surface area contributed by atoms with E-state index in [9.17, 15) is 4.79 Å². The van der Waals surface area contributed by atoms with Gasteiger partial charge < -0.3 is 10.1 Å². The molecule has 0 bridgehead atoms. The third-order valence-electron chi connectivity index (χ3n) is 2.69. The second-order valence-corrected chi connectivity index (χ2v) is 4.00. The molecular weight excluding hydrogens is 190 g/mol. The van der Waals surface area contributed by atoms with Crippen LogP contribution in [0.1, 0.15) is 17.5 Å². The zero-order chi connectivity index (χ0) is 10.8. The van der Waals surface area contributed by atoms with Crippen LogP contribution >= 0.6 is 0 Å². The molecule has 0 amide bonds. The molecule has 3 nitrogen and oxygen atoms in total. The molecule has 15 heavy (non-hydrogen) atoms. The average molecular weight is 205 g/mol. The summed E-state index contributed by atoms with van der Waals surface area (Å²) in [5, 5.41) is 3.36. The summed E-state index contributed by atoms with van der Waals surface area (Å²) in [4.78, 5) is 11.0. The highest BCUT2D eigenvalue weighted by molar-refractivity contribution is 5.73. The van der Waals surface area contributed by atoms with Crippen LogP contribution in [0.15, 0.2) is 18.2 Å². The Morgan fingerprint density at radius 1 is 1.33 bits per heavy atom. The van der Waals surface area contributed by atoms with Crippen LogP contribution in [0.4, 0.5) is 5.69 Å². The van der Waals surface area contributed by atoms with Crippen molar-refractivity contribution in [3.05, 3.63) is 29.3 Å². The number of nitrogens with one attached hydrogen (secondary N) is 1. The number of para-hydroxylation sites is 1. The lowest BCUT2D eigenvalue weighted by molar-refractivity contribution is -0.137. The fraction of sp³-hybridized carbons (Fsp3) is 0.417. The summed E-state index contributed by atoms with van der Waals surface area (Å²) in [7, 11) is 0. The first-order valence-corrected chi connectivity index (χ1v) is 5.15. The molecule has 1 saturated heterocycles. The minimum Gasteiger partial charge on any atom is -0.463 e. The maximum atomic E-state index is 11.0. The van der Waals surface area contributed by atoms with Crippen molar-refractivity contribution in [1.82, 2.24) is 0 Å². The van der Waals surface area contributed by atoms with Gasteiger partial charge in [0, 0.05) is 5.69 Å². The SMILES string of the molecule is Cc1cccc(C)c1NC1COC(=O)C1. The lowest BCUT2D eigenvalue weighted by Gasteiger charge is -2.15. The number of hydrogen-bond acceptors (Lipinski definition) is 3. The molecule has 80 valence electrons. The zero-order valence-electron chi connectivity index (χ0n) is 9.04. The van der Waals surface area contributed by atoms with Crippen LogP contribution in [0.25, 0.3) is 0 Å². The Morgan fingerprint density at radius 3 is 2.53 bits per heavy atom. The maximum absolute atomic E-state index is 11.0. The molecule has 0 radical (unpaired) electrons. The van der Waals surface area contributed by atoms with E-state index in [1.807, 2.05) is 6.07 Å². The molecule has 1 fully saturated rings. The third-order valence-corrected chi connectivity index (χ3v) is 2.69. The van der Waals surface area contributed by atoms with Crippen molar-refractivity contribution in [2.45, 2.75) is 26.3 Å². The Bertz CT molecular complexity index is 367. The van der Waals surface area contributed by atoms with E-state index in [0.717, 1.165) is 5.69 Å². The Balaban J connectivity index is 2.13. The normalized spacial score (nSPS) is 20.1. The topological polar surface area (TPSA) is 38.3 Å². The molecule has 1 aromatic rings. The molecule has 1 aliphatic heterocycles. The van der Waals surface area contributed by atoms with E-state index in [1.54, 1.807) is 0 Å². The Labute approximate surface area is 89.4 Å². The number of benzene rings is 1. The van der Waals surface area contributed by atoms with Crippen molar-refractivity contribution in [2.24, 2.45) is 0 Å². The van der Waals surface area contributed by atoms with Gasteiger partial charge in [0.2, 0.25) is 0 Å². The first-order chi connectivity index (χ1) is 7.16. The van der Waals surface area contributed by atoms with Crippen molar-refractivity contribution >= 4 is 11.7 Å². The number of anilines is 1. The van der Waals surface area contributed by atoms with E-state index in [1.165, 1.54) is 11.1 Å².